The predicted molar refractivity (Wildman–Crippen MR) is 68.1 cm³/mol. The highest BCUT2D eigenvalue weighted by Gasteiger charge is 2.31. The highest BCUT2D eigenvalue weighted by atomic mass is 15.6. The summed E-state index contributed by atoms with van der Waals surface area (Å²) in [6, 6.07) is 0.634. The molecule has 0 amide bonds. The summed E-state index contributed by atoms with van der Waals surface area (Å²) < 4.78 is 0. The molecule has 3 heteroatoms. The van der Waals surface area contributed by atoms with Gasteiger partial charge >= 0.3 is 0 Å². The van der Waals surface area contributed by atoms with Gasteiger partial charge in [0, 0.05) is 6.54 Å². The molecule has 1 heterocycles. The van der Waals surface area contributed by atoms with Crippen molar-refractivity contribution in [3.8, 4) is 0 Å². The number of hydrogen-bond acceptors (Lipinski definition) is 3. The lowest BCUT2D eigenvalue weighted by atomic mass is 9.80. The minimum atomic E-state index is 0.634. The Kier molecular flexibility index (Phi) is 3.52. The van der Waals surface area contributed by atoms with Crippen LogP contribution in [0.1, 0.15) is 33.1 Å². The minimum Gasteiger partial charge on any atom is -0.338 e. The molecule has 1 saturated carbocycles. The lowest BCUT2D eigenvalue weighted by Gasteiger charge is -2.38. The number of nitrogens with zero attached hydrogens (tertiary/aromatic N) is 3. The molecule has 3 atom stereocenters. The maximum Gasteiger partial charge on any atom is 0.113 e. The maximum atomic E-state index is 4.53. The quantitative estimate of drug-likeness (QED) is 0.682. The Morgan fingerprint density at radius 2 is 2.25 bits per heavy atom. The number of hydrogen-bond donors (Lipinski definition) is 0. The second-order valence-corrected chi connectivity index (χ2v) is 5.33. The molecule has 1 aliphatic heterocycles. The van der Waals surface area contributed by atoms with Crippen molar-refractivity contribution in [2.45, 2.75) is 39.2 Å². The van der Waals surface area contributed by atoms with Crippen molar-refractivity contribution in [1.29, 1.82) is 0 Å². The van der Waals surface area contributed by atoms with Gasteiger partial charge in [-0.25, -0.2) is 0 Å². The molecule has 2 aliphatic rings. The van der Waals surface area contributed by atoms with Crippen molar-refractivity contribution < 1.29 is 0 Å². The van der Waals surface area contributed by atoms with E-state index in [0.717, 1.165) is 25.0 Å². The van der Waals surface area contributed by atoms with Gasteiger partial charge in [0.25, 0.3) is 0 Å². The molecule has 0 N–H and O–H groups in total. The molecule has 0 aromatic heterocycles. The van der Waals surface area contributed by atoms with Crippen molar-refractivity contribution >= 4 is 6.34 Å². The summed E-state index contributed by atoms with van der Waals surface area (Å²) in [6.45, 7) is 10.3. The van der Waals surface area contributed by atoms with Crippen molar-refractivity contribution in [3.05, 3.63) is 12.7 Å². The van der Waals surface area contributed by atoms with E-state index in [4.69, 9.17) is 0 Å². The molecule has 90 valence electrons. The van der Waals surface area contributed by atoms with Crippen LogP contribution in [0, 0.1) is 11.8 Å². The van der Waals surface area contributed by atoms with Crippen molar-refractivity contribution in [3.63, 3.8) is 0 Å². The summed E-state index contributed by atoms with van der Waals surface area (Å²) in [4.78, 5) is 2.21. The first kappa shape index (κ1) is 11.5. The highest BCUT2D eigenvalue weighted by molar-refractivity contribution is 5.56. The summed E-state index contributed by atoms with van der Waals surface area (Å²) in [5.74, 6) is 1.63. The molecule has 0 spiro atoms. The van der Waals surface area contributed by atoms with Gasteiger partial charge in [-0.3, -0.25) is 5.01 Å². The zero-order valence-electron chi connectivity index (χ0n) is 10.5. The number of hydrazone groups is 1. The van der Waals surface area contributed by atoms with E-state index in [1.807, 2.05) is 12.4 Å². The van der Waals surface area contributed by atoms with E-state index in [2.05, 4.69) is 35.4 Å². The normalized spacial score (nSPS) is 34.5. The zero-order chi connectivity index (χ0) is 11.5. The first-order chi connectivity index (χ1) is 7.70. The fraction of sp³-hybridized carbons (Fsp3) is 0.769. The number of rotatable bonds is 3. The van der Waals surface area contributed by atoms with Crippen LogP contribution in [0.5, 0.6) is 0 Å². The topological polar surface area (TPSA) is 18.8 Å². The van der Waals surface area contributed by atoms with E-state index in [0.29, 0.717) is 6.04 Å². The molecule has 3 nitrogen and oxygen atoms in total. The van der Waals surface area contributed by atoms with Gasteiger partial charge in [0.15, 0.2) is 0 Å². The molecule has 0 aromatic rings. The van der Waals surface area contributed by atoms with Crippen molar-refractivity contribution in [2.75, 3.05) is 13.2 Å². The Morgan fingerprint density at radius 1 is 1.44 bits per heavy atom. The monoisotopic (exact) mass is 221 g/mol. The second kappa shape index (κ2) is 4.89. The molecular formula is C13H23N3. The van der Waals surface area contributed by atoms with Crippen LogP contribution in [-0.4, -0.2) is 35.5 Å². The average molecular weight is 221 g/mol. The van der Waals surface area contributed by atoms with Crippen LogP contribution in [0.2, 0.25) is 0 Å². The minimum absolute atomic E-state index is 0.634. The maximum absolute atomic E-state index is 4.53. The van der Waals surface area contributed by atoms with Gasteiger partial charge in [-0.1, -0.05) is 26.3 Å². The Labute approximate surface area is 98.8 Å². The molecule has 1 aliphatic carbocycles. The van der Waals surface area contributed by atoms with Gasteiger partial charge in [-0.2, -0.15) is 5.10 Å². The lowest BCUT2D eigenvalue weighted by molar-refractivity contribution is 0.0822. The van der Waals surface area contributed by atoms with Crippen LogP contribution >= 0.6 is 0 Å². The molecule has 0 unspecified atom stereocenters. The van der Waals surface area contributed by atoms with Gasteiger partial charge in [-0.15, -0.1) is 6.58 Å². The molecule has 0 radical (unpaired) electrons. The molecule has 16 heavy (non-hydrogen) atoms. The van der Waals surface area contributed by atoms with Crippen molar-refractivity contribution in [1.82, 2.24) is 9.91 Å². The summed E-state index contributed by atoms with van der Waals surface area (Å²) in [6.07, 6.45) is 7.90. The fourth-order valence-electron chi connectivity index (χ4n) is 2.78. The van der Waals surface area contributed by atoms with Gasteiger partial charge in [0.2, 0.25) is 0 Å². The SMILES string of the molecule is C=CCN1C=NN([C@@H]2C[C@@H](C)CC[C@@H]2C)C1. The van der Waals surface area contributed by atoms with Gasteiger partial charge < -0.3 is 4.90 Å². The van der Waals surface area contributed by atoms with Crippen LogP contribution < -0.4 is 0 Å². The lowest BCUT2D eigenvalue weighted by Crippen LogP contribution is -2.41. The molecule has 2 rings (SSSR count). The first-order valence-electron chi connectivity index (χ1n) is 6.36. The smallest absolute Gasteiger partial charge is 0.113 e. The summed E-state index contributed by atoms with van der Waals surface area (Å²) >= 11 is 0. The van der Waals surface area contributed by atoms with Crippen LogP contribution in [0.3, 0.4) is 0 Å². The largest absolute Gasteiger partial charge is 0.338 e. The zero-order valence-corrected chi connectivity index (χ0v) is 10.5. The van der Waals surface area contributed by atoms with E-state index in [-0.39, 0.29) is 0 Å². The van der Waals surface area contributed by atoms with Crippen LogP contribution in [0.4, 0.5) is 0 Å². The Balaban J connectivity index is 1.93. The summed E-state index contributed by atoms with van der Waals surface area (Å²) in [5.41, 5.74) is 0. The summed E-state index contributed by atoms with van der Waals surface area (Å²) in [5, 5.41) is 6.80. The van der Waals surface area contributed by atoms with E-state index in [9.17, 15) is 0 Å². The third kappa shape index (κ3) is 2.39. The molecule has 0 bridgehead atoms. The van der Waals surface area contributed by atoms with Crippen LogP contribution in [0.25, 0.3) is 0 Å². The van der Waals surface area contributed by atoms with Gasteiger partial charge in [0.1, 0.15) is 13.0 Å². The summed E-state index contributed by atoms with van der Waals surface area (Å²) in [7, 11) is 0. The third-order valence-electron chi connectivity index (χ3n) is 3.85. The average Bonchev–Trinajstić information content (AvgIpc) is 2.71. The fourth-order valence-corrected chi connectivity index (χ4v) is 2.78. The second-order valence-electron chi connectivity index (χ2n) is 5.33. The van der Waals surface area contributed by atoms with Crippen molar-refractivity contribution in [2.24, 2.45) is 16.9 Å². The van der Waals surface area contributed by atoms with E-state index >= 15 is 0 Å². The predicted octanol–water partition coefficient (Wildman–Crippen LogP) is 2.52. The van der Waals surface area contributed by atoms with E-state index < -0.39 is 0 Å². The highest BCUT2D eigenvalue weighted by Crippen LogP contribution is 2.32. The van der Waals surface area contributed by atoms with E-state index in [1.54, 1.807) is 0 Å². The first-order valence-corrected chi connectivity index (χ1v) is 6.36. The van der Waals surface area contributed by atoms with Crippen LogP contribution in [-0.2, 0) is 0 Å². The van der Waals surface area contributed by atoms with Crippen LogP contribution in [0.15, 0.2) is 17.8 Å². The van der Waals surface area contributed by atoms with Gasteiger partial charge in [0.05, 0.1) is 6.04 Å². The molecule has 0 aromatic carbocycles. The molecule has 1 fully saturated rings. The molecule has 0 saturated heterocycles. The Hall–Kier alpha value is -0.990. The Morgan fingerprint density at radius 3 is 3.00 bits per heavy atom. The third-order valence-corrected chi connectivity index (χ3v) is 3.85. The Bertz CT molecular complexity index is 274. The van der Waals surface area contributed by atoms with Gasteiger partial charge in [-0.05, 0) is 24.7 Å². The van der Waals surface area contributed by atoms with E-state index in [1.165, 1.54) is 19.3 Å². The molecular weight excluding hydrogens is 198 g/mol. The standard InChI is InChI=1S/C13H23N3/c1-4-7-15-9-14-16(10-15)13-8-11(2)5-6-12(13)3/h4,9,11-13H,1,5-8,10H2,2-3H3/t11-,12-,13+/m0/s1.